The predicted octanol–water partition coefficient (Wildman–Crippen LogP) is 6.09. The molecule has 0 fully saturated rings. The summed E-state index contributed by atoms with van der Waals surface area (Å²) in [5, 5.41) is 0. The van der Waals surface area contributed by atoms with E-state index in [4.69, 9.17) is 13.9 Å². The van der Waals surface area contributed by atoms with Crippen molar-refractivity contribution in [3.8, 4) is 0 Å². The van der Waals surface area contributed by atoms with Crippen LogP contribution in [0.5, 0.6) is 0 Å². The van der Waals surface area contributed by atoms with E-state index in [1.54, 1.807) is 7.11 Å². The SMILES string of the molecule is C.C=C(C)c1ccc(COC2=C(OC)C=C(C)CC2)o1.CC. The number of methoxy groups -OCH3 is 1. The number of allylic oxidation sites excluding steroid dienone is 4. The molecule has 0 radical (unpaired) electrons. The molecule has 0 unspecified atom stereocenters. The molecule has 124 valence electrons. The van der Waals surface area contributed by atoms with E-state index in [0.29, 0.717) is 6.61 Å². The second kappa shape index (κ2) is 9.93. The number of ether oxygens (including phenoxy) is 2. The highest BCUT2D eigenvalue weighted by atomic mass is 16.5. The van der Waals surface area contributed by atoms with Crippen LogP contribution < -0.4 is 0 Å². The molecule has 0 saturated carbocycles. The second-order valence-electron chi connectivity index (χ2n) is 4.82. The Hall–Kier alpha value is -1.90. The van der Waals surface area contributed by atoms with Gasteiger partial charge < -0.3 is 13.9 Å². The zero-order valence-corrected chi connectivity index (χ0v) is 13.8. The molecular weight excluding hydrogens is 276 g/mol. The topological polar surface area (TPSA) is 31.6 Å². The maximum atomic E-state index is 5.80. The van der Waals surface area contributed by atoms with Crippen molar-refractivity contribution in [1.82, 2.24) is 0 Å². The van der Waals surface area contributed by atoms with Crippen molar-refractivity contribution in [3.63, 3.8) is 0 Å². The Kier molecular flexibility index (Phi) is 9.07. The van der Waals surface area contributed by atoms with Crippen LogP contribution in [0.2, 0.25) is 0 Å². The number of rotatable bonds is 5. The third kappa shape index (κ3) is 5.47. The van der Waals surface area contributed by atoms with E-state index in [0.717, 1.165) is 41.5 Å². The summed E-state index contributed by atoms with van der Waals surface area (Å²) in [4.78, 5) is 0. The molecule has 1 aliphatic carbocycles. The van der Waals surface area contributed by atoms with E-state index in [-0.39, 0.29) is 7.43 Å². The van der Waals surface area contributed by atoms with Gasteiger partial charge in [0.15, 0.2) is 5.76 Å². The molecule has 0 aliphatic heterocycles. The van der Waals surface area contributed by atoms with E-state index in [2.05, 4.69) is 13.5 Å². The first kappa shape index (κ1) is 20.1. The molecule has 0 bridgehead atoms. The van der Waals surface area contributed by atoms with Crippen LogP contribution in [0, 0.1) is 0 Å². The van der Waals surface area contributed by atoms with Gasteiger partial charge >= 0.3 is 0 Å². The van der Waals surface area contributed by atoms with Crippen molar-refractivity contribution in [2.24, 2.45) is 0 Å². The maximum Gasteiger partial charge on any atom is 0.156 e. The van der Waals surface area contributed by atoms with E-state index >= 15 is 0 Å². The summed E-state index contributed by atoms with van der Waals surface area (Å²) in [6.07, 6.45) is 3.91. The molecule has 22 heavy (non-hydrogen) atoms. The van der Waals surface area contributed by atoms with Gasteiger partial charge in [-0.25, -0.2) is 0 Å². The van der Waals surface area contributed by atoms with Gasteiger partial charge in [0.25, 0.3) is 0 Å². The standard InChI is InChI=1S/C16H20O3.C2H6.CH4/c1-11(2)14-8-6-13(19-14)10-18-15-7-5-12(3)9-16(15)17-4;1-2;/h6,8-9H,1,5,7,10H2,2-4H3;1-2H3;1H4. The van der Waals surface area contributed by atoms with E-state index < -0.39 is 0 Å². The minimum absolute atomic E-state index is 0. The number of hydrogen-bond donors (Lipinski definition) is 0. The lowest BCUT2D eigenvalue weighted by atomic mass is 10.0. The normalized spacial score (nSPS) is 13.4. The molecule has 0 saturated heterocycles. The lowest BCUT2D eigenvalue weighted by molar-refractivity contribution is 0.144. The van der Waals surface area contributed by atoms with Crippen LogP contribution in [0.15, 0.2) is 46.3 Å². The monoisotopic (exact) mass is 306 g/mol. The molecule has 3 nitrogen and oxygen atoms in total. The summed E-state index contributed by atoms with van der Waals surface area (Å²) in [7, 11) is 1.67. The molecule has 1 heterocycles. The Balaban J connectivity index is 0.00000141. The second-order valence-corrected chi connectivity index (χ2v) is 4.82. The van der Waals surface area contributed by atoms with Gasteiger partial charge in [-0.3, -0.25) is 0 Å². The lowest BCUT2D eigenvalue weighted by Crippen LogP contribution is -2.03. The van der Waals surface area contributed by atoms with Crippen LogP contribution in [0.3, 0.4) is 0 Å². The molecule has 1 aromatic rings. The summed E-state index contributed by atoms with van der Waals surface area (Å²) < 4.78 is 16.8. The number of furan rings is 1. The van der Waals surface area contributed by atoms with Gasteiger partial charge in [0.05, 0.1) is 7.11 Å². The van der Waals surface area contributed by atoms with Gasteiger partial charge in [-0.2, -0.15) is 0 Å². The van der Waals surface area contributed by atoms with Gasteiger partial charge in [-0.05, 0) is 44.1 Å². The molecule has 3 heteroatoms. The Morgan fingerprint density at radius 1 is 1.27 bits per heavy atom. The third-order valence-electron chi connectivity index (χ3n) is 3.09. The molecule has 0 spiro atoms. The lowest BCUT2D eigenvalue weighted by Gasteiger charge is -2.17. The first-order valence-electron chi connectivity index (χ1n) is 7.42. The van der Waals surface area contributed by atoms with Crippen LogP contribution in [-0.2, 0) is 16.1 Å². The molecule has 0 amide bonds. The van der Waals surface area contributed by atoms with Crippen molar-refractivity contribution in [1.29, 1.82) is 0 Å². The first-order chi connectivity index (χ1) is 10.1. The number of hydrogen-bond acceptors (Lipinski definition) is 3. The van der Waals surface area contributed by atoms with E-state index in [9.17, 15) is 0 Å². The minimum Gasteiger partial charge on any atom is -0.493 e. The first-order valence-corrected chi connectivity index (χ1v) is 7.42. The van der Waals surface area contributed by atoms with Gasteiger partial charge in [-0.15, -0.1) is 0 Å². The zero-order chi connectivity index (χ0) is 15.8. The molecule has 2 rings (SSSR count). The van der Waals surface area contributed by atoms with Crippen LogP contribution >= 0.6 is 0 Å². The fourth-order valence-electron chi connectivity index (χ4n) is 1.97. The van der Waals surface area contributed by atoms with Crippen molar-refractivity contribution in [2.75, 3.05) is 7.11 Å². The summed E-state index contributed by atoms with van der Waals surface area (Å²) in [6.45, 7) is 12.3. The van der Waals surface area contributed by atoms with Gasteiger partial charge in [0.2, 0.25) is 0 Å². The summed E-state index contributed by atoms with van der Waals surface area (Å²) in [5.74, 6) is 3.31. The summed E-state index contributed by atoms with van der Waals surface area (Å²) >= 11 is 0. The Morgan fingerprint density at radius 2 is 1.95 bits per heavy atom. The zero-order valence-electron chi connectivity index (χ0n) is 13.8. The summed E-state index contributed by atoms with van der Waals surface area (Å²) in [6, 6.07) is 3.83. The van der Waals surface area contributed by atoms with Crippen molar-refractivity contribution >= 4 is 5.57 Å². The van der Waals surface area contributed by atoms with Crippen LogP contribution in [-0.4, -0.2) is 7.11 Å². The van der Waals surface area contributed by atoms with Crippen LogP contribution in [0.25, 0.3) is 5.57 Å². The predicted molar refractivity (Wildman–Crippen MR) is 93.3 cm³/mol. The minimum atomic E-state index is 0. The van der Waals surface area contributed by atoms with Crippen molar-refractivity contribution in [2.45, 2.75) is 54.6 Å². The molecule has 0 aromatic carbocycles. The third-order valence-corrected chi connectivity index (χ3v) is 3.09. The van der Waals surface area contributed by atoms with Crippen LogP contribution in [0.4, 0.5) is 0 Å². The Bertz CT molecular complexity index is 533. The smallest absolute Gasteiger partial charge is 0.156 e. The van der Waals surface area contributed by atoms with Crippen molar-refractivity contribution in [3.05, 3.63) is 53.4 Å². The Morgan fingerprint density at radius 3 is 2.50 bits per heavy atom. The molecule has 1 aliphatic rings. The van der Waals surface area contributed by atoms with Crippen molar-refractivity contribution < 1.29 is 13.9 Å². The molecule has 1 aromatic heterocycles. The quantitative estimate of drug-likeness (QED) is 0.659. The van der Waals surface area contributed by atoms with E-state index in [1.807, 2.05) is 39.0 Å². The highest BCUT2D eigenvalue weighted by Crippen LogP contribution is 2.26. The van der Waals surface area contributed by atoms with Gasteiger partial charge in [0.1, 0.15) is 23.9 Å². The fraction of sp³-hybridized carbons (Fsp3) is 0.474. The fourth-order valence-corrected chi connectivity index (χ4v) is 1.97. The molecule has 0 N–H and O–H groups in total. The Labute approximate surface area is 135 Å². The van der Waals surface area contributed by atoms with Gasteiger partial charge in [-0.1, -0.05) is 33.4 Å². The highest BCUT2D eigenvalue weighted by molar-refractivity contribution is 5.56. The highest BCUT2D eigenvalue weighted by Gasteiger charge is 2.14. The molecular formula is C19H30O3. The summed E-state index contributed by atoms with van der Waals surface area (Å²) in [5.41, 5.74) is 2.23. The largest absolute Gasteiger partial charge is 0.493 e. The van der Waals surface area contributed by atoms with Crippen LogP contribution in [0.1, 0.15) is 59.5 Å². The average Bonchev–Trinajstić information content (AvgIpc) is 2.97. The molecule has 0 atom stereocenters. The van der Waals surface area contributed by atoms with Gasteiger partial charge in [0, 0.05) is 6.42 Å². The average molecular weight is 306 g/mol. The van der Waals surface area contributed by atoms with E-state index in [1.165, 1.54) is 5.57 Å². The maximum absolute atomic E-state index is 5.80.